The minimum absolute atomic E-state index is 0.0122. The van der Waals surface area contributed by atoms with Crippen LogP contribution in [0.2, 0.25) is 0 Å². The molecule has 2 aromatic heterocycles. The zero-order chi connectivity index (χ0) is 19.0. The van der Waals surface area contributed by atoms with Crippen molar-refractivity contribution in [2.45, 2.75) is 19.8 Å². The maximum atomic E-state index is 14.5. The van der Waals surface area contributed by atoms with Crippen molar-refractivity contribution in [1.29, 1.82) is 0 Å². The van der Waals surface area contributed by atoms with Gasteiger partial charge in [0.05, 0.1) is 17.0 Å². The molecule has 26 heavy (non-hydrogen) atoms. The summed E-state index contributed by atoms with van der Waals surface area (Å²) in [4.78, 5) is 30.1. The molecule has 0 unspecified atom stereocenters. The Morgan fingerprint density at radius 2 is 1.35 bits per heavy atom. The molecule has 0 radical (unpaired) electrons. The van der Waals surface area contributed by atoms with Gasteiger partial charge in [0.2, 0.25) is 0 Å². The normalized spacial score (nSPS) is 11.1. The highest BCUT2D eigenvalue weighted by atomic mass is 19.1. The van der Waals surface area contributed by atoms with Crippen LogP contribution in [0.4, 0.5) is 4.39 Å². The van der Waals surface area contributed by atoms with Crippen molar-refractivity contribution < 1.29 is 14.6 Å². The van der Waals surface area contributed by atoms with Gasteiger partial charge in [-0.1, -0.05) is 18.2 Å². The van der Waals surface area contributed by atoms with Crippen LogP contribution in [0.15, 0.2) is 46.0 Å². The van der Waals surface area contributed by atoms with Crippen molar-refractivity contribution in [1.82, 2.24) is 9.97 Å². The molecule has 1 aromatic carbocycles. The van der Waals surface area contributed by atoms with Crippen LogP contribution >= 0.6 is 0 Å². The van der Waals surface area contributed by atoms with Crippen molar-refractivity contribution in [2.24, 2.45) is 0 Å². The fourth-order valence-corrected chi connectivity index (χ4v) is 3.09. The van der Waals surface area contributed by atoms with Crippen LogP contribution in [0.5, 0.6) is 11.5 Å². The number of hydrogen-bond donors (Lipinski definition) is 4. The molecular formula is C19H17FN2O4. The average molecular weight is 356 g/mol. The minimum Gasteiger partial charge on any atom is -0.507 e. The third kappa shape index (κ3) is 2.99. The average Bonchev–Trinajstić information content (AvgIpc) is 2.52. The monoisotopic (exact) mass is 356 g/mol. The summed E-state index contributed by atoms with van der Waals surface area (Å²) in [6.45, 7) is 3.17. The van der Waals surface area contributed by atoms with Crippen molar-refractivity contribution in [2.75, 3.05) is 0 Å². The van der Waals surface area contributed by atoms with Gasteiger partial charge in [0.15, 0.2) is 0 Å². The maximum absolute atomic E-state index is 14.5. The van der Waals surface area contributed by atoms with E-state index in [1.807, 2.05) is 0 Å². The topological polar surface area (TPSA) is 106 Å². The second-order valence-electron chi connectivity index (χ2n) is 6.12. The summed E-state index contributed by atoms with van der Waals surface area (Å²) in [5, 5.41) is 20.7. The Labute approximate surface area is 147 Å². The van der Waals surface area contributed by atoms with E-state index in [2.05, 4.69) is 9.97 Å². The van der Waals surface area contributed by atoms with E-state index >= 15 is 0 Å². The Morgan fingerprint density at radius 3 is 1.77 bits per heavy atom. The number of aromatic amines is 2. The predicted octanol–water partition coefficient (Wildman–Crippen LogP) is 2.41. The first kappa shape index (κ1) is 17.5. The van der Waals surface area contributed by atoms with Crippen molar-refractivity contribution >= 4 is 0 Å². The first-order valence-electron chi connectivity index (χ1n) is 7.89. The first-order chi connectivity index (χ1) is 12.3. The number of aryl methyl sites for hydroxylation is 2. The van der Waals surface area contributed by atoms with Crippen LogP contribution in [0.1, 0.15) is 34.0 Å². The smallest absolute Gasteiger partial charge is 0.256 e. The Kier molecular flexibility index (Phi) is 4.38. The molecule has 0 atom stereocenters. The van der Waals surface area contributed by atoms with E-state index in [9.17, 15) is 24.2 Å². The SMILES string of the molecule is Cc1cc(O)c(C(c2ccccc2F)c2c(O)cc(C)[nH]c2=O)c(=O)[nH]1. The molecule has 4 N–H and O–H groups in total. The molecular weight excluding hydrogens is 339 g/mol. The number of rotatable bonds is 3. The van der Waals surface area contributed by atoms with Crippen LogP contribution in [0.3, 0.4) is 0 Å². The Balaban J connectivity index is 2.43. The molecule has 0 fully saturated rings. The second-order valence-corrected chi connectivity index (χ2v) is 6.12. The Morgan fingerprint density at radius 1 is 0.885 bits per heavy atom. The van der Waals surface area contributed by atoms with E-state index < -0.39 is 22.9 Å². The number of benzene rings is 1. The molecule has 0 aliphatic heterocycles. The molecule has 0 spiro atoms. The molecule has 0 amide bonds. The zero-order valence-corrected chi connectivity index (χ0v) is 14.1. The van der Waals surface area contributed by atoms with Gasteiger partial charge < -0.3 is 20.2 Å². The summed E-state index contributed by atoms with van der Waals surface area (Å²) in [6, 6.07) is 8.21. The van der Waals surface area contributed by atoms with Crippen molar-refractivity contribution in [3.8, 4) is 11.5 Å². The highest BCUT2D eigenvalue weighted by Gasteiger charge is 2.30. The Hall–Kier alpha value is -3.35. The summed E-state index contributed by atoms with van der Waals surface area (Å²) in [6.07, 6.45) is 0. The van der Waals surface area contributed by atoms with Gasteiger partial charge >= 0.3 is 0 Å². The molecule has 7 heteroatoms. The number of H-pyrrole nitrogens is 2. The first-order valence-corrected chi connectivity index (χ1v) is 7.89. The fourth-order valence-electron chi connectivity index (χ4n) is 3.09. The molecule has 0 saturated carbocycles. The van der Waals surface area contributed by atoms with Crippen LogP contribution in [0.25, 0.3) is 0 Å². The van der Waals surface area contributed by atoms with E-state index in [4.69, 9.17) is 0 Å². The fraction of sp³-hybridized carbons (Fsp3) is 0.158. The second kappa shape index (κ2) is 6.51. The van der Waals surface area contributed by atoms with E-state index in [1.165, 1.54) is 30.3 Å². The standard InChI is InChI=1S/C19H17FN2O4/c1-9-7-13(23)16(18(25)21-9)15(11-5-3-4-6-12(11)20)17-14(24)8-10(2)22-19(17)26/h3-8,15H,1-2H3,(H2,21,23,25)(H2,22,24,26). The van der Waals surface area contributed by atoms with Gasteiger partial charge in [-0.3, -0.25) is 9.59 Å². The number of hydrogen-bond acceptors (Lipinski definition) is 4. The van der Waals surface area contributed by atoms with E-state index in [-0.39, 0.29) is 28.2 Å². The third-order valence-electron chi connectivity index (χ3n) is 4.16. The highest BCUT2D eigenvalue weighted by molar-refractivity contribution is 5.51. The lowest BCUT2D eigenvalue weighted by Crippen LogP contribution is -2.25. The summed E-state index contributed by atoms with van der Waals surface area (Å²) < 4.78 is 14.5. The van der Waals surface area contributed by atoms with Crippen molar-refractivity contribution in [3.63, 3.8) is 0 Å². The molecule has 3 rings (SSSR count). The maximum Gasteiger partial charge on any atom is 0.256 e. The number of aromatic hydroxyl groups is 2. The van der Waals surface area contributed by atoms with Gasteiger partial charge in [-0.2, -0.15) is 0 Å². The molecule has 134 valence electrons. The molecule has 0 saturated heterocycles. The van der Waals surface area contributed by atoms with E-state index in [1.54, 1.807) is 19.9 Å². The zero-order valence-electron chi connectivity index (χ0n) is 14.1. The van der Waals surface area contributed by atoms with Gasteiger partial charge in [-0.25, -0.2) is 4.39 Å². The molecule has 0 aliphatic rings. The molecule has 0 bridgehead atoms. The molecule has 6 nitrogen and oxygen atoms in total. The summed E-state index contributed by atoms with van der Waals surface area (Å²) in [7, 11) is 0. The van der Waals surface area contributed by atoms with Crippen LogP contribution in [0, 0.1) is 19.7 Å². The van der Waals surface area contributed by atoms with Gasteiger partial charge in [0, 0.05) is 17.0 Å². The van der Waals surface area contributed by atoms with E-state index in [0.29, 0.717) is 11.4 Å². The quantitative estimate of drug-likeness (QED) is 0.578. The highest BCUT2D eigenvalue weighted by Crippen LogP contribution is 2.37. The lowest BCUT2D eigenvalue weighted by molar-refractivity contribution is 0.453. The van der Waals surface area contributed by atoms with Gasteiger partial charge in [0.25, 0.3) is 11.1 Å². The van der Waals surface area contributed by atoms with Crippen LogP contribution < -0.4 is 11.1 Å². The largest absolute Gasteiger partial charge is 0.507 e. The summed E-state index contributed by atoms with van der Waals surface area (Å²) >= 11 is 0. The third-order valence-corrected chi connectivity index (χ3v) is 4.16. The molecule has 3 aromatic rings. The predicted molar refractivity (Wildman–Crippen MR) is 94.3 cm³/mol. The van der Waals surface area contributed by atoms with E-state index in [0.717, 1.165) is 0 Å². The van der Waals surface area contributed by atoms with Gasteiger partial charge in [-0.05, 0) is 32.0 Å². The molecule has 0 aliphatic carbocycles. The van der Waals surface area contributed by atoms with Crippen LogP contribution in [-0.2, 0) is 0 Å². The Bertz CT molecular complexity index is 1040. The lowest BCUT2D eigenvalue weighted by Gasteiger charge is -2.20. The molecule has 2 heterocycles. The number of halogens is 1. The van der Waals surface area contributed by atoms with Crippen molar-refractivity contribution in [3.05, 3.63) is 91.0 Å². The van der Waals surface area contributed by atoms with Gasteiger partial charge in [-0.15, -0.1) is 0 Å². The minimum atomic E-state index is -1.29. The number of nitrogens with one attached hydrogen (secondary N) is 2. The number of aromatic nitrogens is 2. The van der Waals surface area contributed by atoms with Crippen LogP contribution in [-0.4, -0.2) is 20.2 Å². The summed E-state index contributed by atoms with van der Waals surface area (Å²) in [5.74, 6) is -2.74. The lowest BCUT2D eigenvalue weighted by atomic mass is 9.84. The van der Waals surface area contributed by atoms with Gasteiger partial charge in [0.1, 0.15) is 17.3 Å². The number of pyridine rings is 2. The summed E-state index contributed by atoms with van der Waals surface area (Å²) in [5.41, 5.74) is -0.973.